The zero-order valence-electron chi connectivity index (χ0n) is 12.3. The minimum Gasteiger partial charge on any atom is -0.377 e. The molecule has 0 unspecified atom stereocenters. The van der Waals surface area contributed by atoms with Crippen molar-refractivity contribution in [3.05, 3.63) is 54.4 Å². The van der Waals surface area contributed by atoms with Gasteiger partial charge in [0.15, 0.2) is 0 Å². The molecule has 1 amide bonds. The molecule has 6 nitrogen and oxygen atoms in total. The second kappa shape index (κ2) is 7.09. The maximum Gasteiger partial charge on any atom is 0.255 e. The summed E-state index contributed by atoms with van der Waals surface area (Å²) in [5.74, 6) is 0.0144. The fraction of sp³-hybridized carbons (Fsp3) is 0.375. The zero-order chi connectivity index (χ0) is 15.2. The number of morpholine rings is 1. The first-order valence-electron chi connectivity index (χ1n) is 7.38. The number of nitrogens with zero attached hydrogens (tertiary/aromatic N) is 4. The molecule has 2 aromatic rings. The Morgan fingerprint density at radius 2 is 2.18 bits per heavy atom. The van der Waals surface area contributed by atoms with Crippen molar-refractivity contribution in [2.24, 2.45) is 0 Å². The summed E-state index contributed by atoms with van der Waals surface area (Å²) >= 11 is 0. The standard InChI is InChI=1S/C16H18N4O2/c21-16(13-2-1-5-17-10-13)20-8-9-22-12-15(20)4-3-14-11-18-6-7-19-14/h1-2,5-7,10-11,15H,3-4,8-9,12H2/t15-/m1/s1. The van der Waals surface area contributed by atoms with Crippen molar-refractivity contribution in [2.75, 3.05) is 19.8 Å². The fourth-order valence-corrected chi connectivity index (χ4v) is 2.59. The third kappa shape index (κ3) is 3.46. The Morgan fingerprint density at radius 3 is 2.95 bits per heavy atom. The molecular formula is C16H18N4O2. The fourth-order valence-electron chi connectivity index (χ4n) is 2.59. The highest BCUT2D eigenvalue weighted by molar-refractivity contribution is 5.94. The van der Waals surface area contributed by atoms with E-state index in [1.54, 1.807) is 43.1 Å². The number of hydrogen-bond acceptors (Lipinski definition) is 5. The monoisotopic (exact) mass is 298 g/mol. The van der Waals surface area contributed by atoms with Crippen LogP contribution in [-0.4, -0.2) is 51.6 Å². The Labute approximate surface area is 129 Å². The Bertz CT molecular complexity index is 606. The molecule has 3 rings (SSSR count). The van der Waals surface area contributed by atoms with Gasteiger partial charge in [0.05, 0.1) is 30.5 Å². The third-order valence-corrected chi connectivity index (χ3v) is 3.75. The average Bonchev–Trinajstić information content (AvgIpc) is 2.61. The van der Waals surface area contributed by atoms with Gasteiger partial charge < -0.3 is 9.64 Å². The molecule has 1 aliphatic rings. The first-order chi connectivity index (χ1) is 10.8. The number of carbonyl (C=O) groups excluding carboxylic acids is 1. The lowest BCUT2D eigenvalue weighted by atomic mass is 10.1. The molecule has 0 radical (unpaired) electrons. The van der Waals surface area contributed by atoms with Crippen LogP contribution in [0.5, 0.6) is 0 Å². The number of hydrogen-bond donors (Lipinski definition) is 0. The van der Waals surface area contributed by atoms with Gasteiger partial charge in [0.25, 0.3) is 5.91 Å². The first-order valence-corrected chi connectivity index (χ1v) is 7.38. The largest absolute Gasteiger partial charge is 0.377 e. The number of amides is 1. The second-order valence-electron chi connectivity index (χ2n) is 5.20. The number of aromatic nitrogens is 3. The van der Waals surface area contributed by atoms with E-state index in [-0.39, 0.29) is 11.9 Å². The van der Waals surface area contributed by atoms with Gasteiger partial charge in [-0.1, -0.05) is 0 Å². The minimum atomic E-state index is 0.0144. The van der Waals surface area contributed by atoms with Crippen LogP contribution >= 0.6 is 0 Å². The van der Waals surface area contributed by atoms with Crippen LogP contribution in [0.4, 0.5) is 0 Å². The molecule has 0 aliphatic carbocycles. The number of pyridine rings is 1. The van der Waals surface area contributed by atoms with Crippen LogP contribution in [0.15, 0.2) is 43.1 Å². The third-order valence-electron chi connectivity index (χ3n) is 3.75. The molecule has 22 heavy (non-hydrogen) atoms. The molecule has 0 saturated carbocycles. The predicted molar refractivity (Wildman–Crippen MR) is 80.2 cm³/mol. The van der Waals surface area contributed by atoms with Gasteiger partial charge in [0.1, 0.15) is 0 Å². The van der Waals surface area contributed by atoms with Gasteiger partial charge in [-0.05, 0) is 25.0 Å². The molecule has 1 saturated heterocycles. The molecule has 1 fully saturated rings. The summed E-state index contributed by atoms with van der Waals surface area (Å²) in [4.78, 5) is 26.9. The number of aryl methyl sites for hydroxylation is 1. The predicted octanol–water partition coefficient (Wildman–Crippen LogP) is 1.35. The lowest BCUT2D eigenvalue weighted by molar-refractivity contribution is -0.00415. The molecule has 0 aromatic carbocycles. The highest BCUT2D eigenvalue weighted by atomic mass is 16.5. The highest BCUT2D eigenvalue weighted by Crippen LogP contribution is 2.16. The Hall–Kier alpha value is -2.34. The van der Waals surface area contributed by atoms with Crippen LogP contribution in [0.25, 0.3) is 0 Å². The lowest BCUT2D eigenvalue weighted by Crippen LogP contribution is -2.48. The Morgan fingerprint density at radius 1 is 1.27 bits per heavy atom. The van der Waals surface area contributed by atoms with E-state index in [0.717, 1.165) is 18.5 Å². The minimum absolute atomic E-state index is 0.0144. The molecule has 1 atom stereocenters. The molecule has 114 valence electrons. The highest BCUT2D eigenvalue weighted by Gasteiger charge is 2.28. The summed E-state index contributed by atoms with van der Waals surface area (Å²) in [7, 11) is 0. The van der Waals surface area contributed by atoms with E-state index >= 15 is 0 Å². The number of carbonyl (C=O) groups is 1. The molecule has 3 heterocycles. The molecular weight excluding hydrogens is 280 g/mol. The van der Waals surface area contributed by atoms with Gasteiger partial charge in [0.2, 0.25) is 0 Å². The molecule has 6 heteroatoms. The summed E-state index contributed by atoms with van der Waals surface area (Å²) in [5, 5.41) is 0. The van der Waals surface area contributed by atoms with E-state index in [0.29, 0.717) is 25.3 Å². The van der Waals surface area contributed by atoms with E-state index in [2.05, 4.69) is 15.0 Å². The van der Waals surface area contributed by atoms with Crippen LogP contribution in [0.3, 0.4) is 0 Å². The normalized spacial score (nSPS) is 18.2. The van der Waals surface area contributed by atoms with Crippen molar-refractivity contribution < 1.29 is 9.53 Å². The SMILES string of the molecule is O=C(c1cccnc1)N1CCOC[C@H]1CCc1cnccn1. The Kier molecular flexibility index (Phi) is 4.70. The summed E-state index contributed by atoms with van der Waals surface area (Å²) in [6.07, 6.45) is 9.97. The van der Waals surface area contributed by atoms with Gasteiger partial charge in [0, 0.05) is 37.5 Å². The van der Waals surface area contributed by atoms with Crippen LogP contribution in [0.2, 0.25) is 0 Å². The first kappa shape index (κ1) is 14.6. The molecule has 0 spiro atoms. The molecule has 0 N–H and O–H groups in total. The average molecular weight is 298 g/mol. The summed E-state index contributed by atoms with van der Waals surface area (Å²) in [6.45, 7) is 1.75. The van der Waals surface area contributed by atoms with Crippen molar-refractivity contribution in [2.45, 2.75) is 18.9 Å². The van der Waals surface area contributed by atoms with Crippen molar-refractivity contribution in [3.8, 4) is 0 Å². The van der Waals surface area contributed by atoms with Crippen LogP contribution in [0, 0.1) is 0 Å². The topological polar surface area (TPSA) is 68.2 Å². The van der Waals surface area contributed by atoms with Gasteiger partial charge >= 0.3 is 0 Å². The second-order valence-corrected chi connectivity index (χ2v) is 5.20. The summed E-state index contributed by atoms with van der Waals surface area (Å²) < 4.78 is 5.54. The van der Waals surface area contributed by atoms with Gasteiger partial charge in [-0.3, -0.25) is 19.7 Å². The smallest absolute Gasteiger partial charge is 0.255 e. The van der Waals surface area contributed by atoms with Crippen molar-refractivity contribution in [3.63, 3.8) is 0 Å². The number of ether oxygens (including phenoxy) is 1. The zero-order valence-corrected chi connectivity index (χ0v) is 12.3. The van der Waals surface area contributed by atoms with Crippen LogP contribution < -0.4 is 0 Å². The van der Waals surface area contributed by atoms with Gasteiger partial charge in [-0.2, -0.15) is 0 Å². The van der Waals surface area contributed by atoms with Crippen molar-refractivity contribution in [1.29, 1.82) is 0 Å². The maximum atomic E-state index is 12.6. The maximum absolute atomic E-state index is 12.6. The van der Waals surface area contributed by atoms with Crippen LogP contribution in [0.1, 0.15) is 22.5 Å². The van der Waals surface area contributed by atoms with Crippen molar-refractivity contribution in [1.82, 2.24) is 19.9 Å². The Balaban J connectivity index is 1.67. The van der Waals surface area contributed by atoms with Crippen molar-refractivity contribution >= 4 is 5.91 Å². The van der Waals surface area contributed by atoms with E-state index < -0.39 is 0 Å². The van der Waals surface area contributed by atoms with E-state index in [1.807, 2.05) is 4.90 Å². The molecule has 1 aliphatic heterocycles. The van der Waals surface area contributed by atoms with E-state index in [9.17, 15) is 4.79 Å². The van der Waals surface area contributed by atoms with E-state index in [4.69, 9.17) is 4.74 Å². The molecule has 2 aromatic heterocycles. The summed E-state index contributed by atoms with van der Waals surface area (Å²) in [5.41, 5.74) is 1.55. The quantitative estimate of drug-likeness (QED) is 0.852. The van der Waals surface area contributed by atoms with E-state index in [1.165, 1.54) is 0 Å². The van der Waals surface area contributed by atoms with Gasteiger partial charge in [-0.15, -0.1) is 0 Å². The molecule has 0 bridgehead atoms. The lowest BCUT2D eigenvalue weighted by Gasteiger charge is -2.35. The summed E-state index contributed by atoms with van der Waals surface area (Å²) in [6, 6.07) is 3.63. The number of rotatable bonds is 4. The van der Waals surface area contributed by atoms with Gasteiger partial charge in [-0.25, -0.2) is 0 Å². The van der Waals surface area contributed by atoms with Crippen LogP contribution in [-0.2, 0) is 11.2 Å².